The highest BCUT2D eigenvalue weighted by Gasteiger charge is 2.64. The summed E-state index contributed by atoms with van der Waals surface area (Å²) in [5.74, 6) is -0.582. The molecule has 0 radical (unpaired) electrons. The molecule has 4 aliphatic carbocycles. The minimum absolute atomic E-state index is 0.0218. The average Bonchev–Trinajstić information content (AvgIpc) is 3.00. The van der Waals surface area contributed by atoms with E-state index in [0.717, 1.165) is 24.8 Å². The van der Waals surface area contributed by atoms with Crippen LogP contribution >= 0.6 is 0 Å². The van der Waals surface area contributed by atoms with Crippen LogP contribution in [0.15, 0.2) is 23.8 Å². The maximum Gasteiger partial charge on any atom is 0.294 e. The van der Waals surface area contributed by atoms with E-state index in [2.05, 4.69) is 0 Å². The number of Topliss-reactive ketones (excluding diaryl/α,β-unsaturated/α-hetero) is 2. The monoisotopic (exact) mass is 387 g/mol. The quantitative estimate of drug-likeness (QED) is 0.543. The van der Waals surface area contributed by atoms with Gasteiger partial charge in [0, 0.05) is 29.1 Å². The zero-order valence-corrected chi connectivity index (χ0v) is 16.2. The minimum atomic E-state index is -0.823. The lowest BCUT2D eigenvalue weighted by atomic mass is 9.47. The highest BCUT2D eigenvalue weighted by Crippen LogP contribution is 2.65. The standard InChI is InChI=1S/C21H25NO6/c1-12(23)16-5-6-17-15-4-3-13-9-14(24)7-8-20(13,2)19(15)18(25)10-21(16,17)11-28-22(26)27/h7-9,15-17,19H,3-6,10-11H2,1-2H3/t15-,16+,17-,19+,20-,21-/m0/s1. The van der Waals surface area contributed by atoms with Gasteiger partial charge in [-0.15, -0.1) is 10.1 Å². The summed E-state index contributed by atoms with van der Waals surface area (Å²) in [6.45, 7) is 3.34. The molecule has 0 aromatic rings. The third-order valence-corrected chi connectivity index (χ3v) is 7.92. The zero-order valence-electron chi connectivity index (χ0n) is 16.2. The molecule has 0 heterocycles. The van der Waals surface area contributed by atoms with Gasteiger partial charge in [0.1, 0.15) is 18.2 Å². The number of nitrogens with zero attached hydrogens (tertiary/aromatic N) is 1. The van der Waals surface area contributed by atoms with Crippen molar-refractivity contribution in [2.75, 3.05) is 6.61 Å². The van der Waals surface area contributed by atoms with Crippen LogP contribution in [-0.2, 0) is 19.2 Å². The van der Waals surface area contributed by atoms with Crippen LogP contribution in [0.2, 0.25) is 0 Å². The summed E-state index contributed by atoms with van der Waals surface area (Å²) in [5.41, 5.74) is -0.272. The number of hydrogen-bond acceptors (Lipinski definition) is 6. The molecule has 7 nitrogen and oxygen atoms in total. The van der Waals surface area contributed by atoms with Crippen LogP contribution in [0.1, 0.15) is 46.0 Å². The van der Waals surface area contributed by atoms with Crippen LogP contribution < -0.4 is 0 Å². The van der Waals surface area contributed by atoms with Crippen LogP contribution in [0.25, 0.3) is 0 Å². The summed E-state index contributed by atoms with van der Waals surface area (Å²) in [4.78, 5) is 53.3. The number of hydrogen-bond donors (Lipinski definition) is 0. The lowest BCUT2D eigenvalue weighted by molar-refractivity contribution is -0.761. The number of ketones is 3. The van der Waals surface area contributed by atoms with Crippen molar-refractivity contribution in [3.8, 4) is 0 Å². The molecule has 0 amide bonds. The fourth-order valence-corrected chi connectivity index (χ4v) is 6.87. The van der Waals surface area contributed by atoms with Crippen molar-refractivity contribution in [3.05, 3.63) is 33.9 Å². The highest BCUT2D eigenvalue weighted by molar-refractivity contribution is 6.01. The maximum atomic E-state index is 13.4. The molecule has 0 unspecified atom stereocenters. The Morgan fingerprint density at radius 3 is 2.75 bits per heavy atom. The van der Waals surface area contributed by atoms with Gasteiger partial charge >= 0.3 is 0 Å². The molecule has 0 aromatic carbocycles. The molecule has 150 valence electrons. The summed E-state index contributed by atoms with van der Waals surface area (Å²) in [6.07, 6.45) is 8.11. The molecule has 7 heteroatoms. The predicted octanol–water partition coefficient (Wildman–Crippen LogP) is 2.87. The van der Waals surface area contributed by atoms with Crippen LogP contribution in [0, 0.1) is 44.6 Å². The molecule has 0 N–H and O–H groups in total. The van der Waals surface area contributed by atoms with Crippen LogP contribution in [0.3, 0.4) is 0 Å². The molecule has 4 rings (SSSR count). The van der Waals surface area contributed by atoms with E-state index in [1.807, 2.05) is 13.0 Å². The molecular formula is C21H25NO6. The molecule has 0 aromatic heterocycles. The molecule has 28 heavy (non-hydrogen) atoms. The van der Waals surface area contributed by atoms with Crippen molar-refractivity contribution >= 4 is 17.3 Å². The topological polar surface area (TPSA) is 104 Å². The van der Waals surface area contributed by atoms with Crippen molar-refractivity contribution in [1.29, 1.82) is 0 Å². The van der Waals surface area contributed by atoms with Gasteiger partial charge in [-0.25, -0.2) is 0 Å². The minimum Gasteiger partial charge on any atom is -0.313 e. The van der Waals surface area contributed by atoms with Crippen molar-refractivity contribution < 1.29 is 24.3 Å². The third kappa shape index (κ3) is 2.58. The Hall–Kier alpha value is -2.31. The van der Waals surface area contributed by atoms with Crippen molar-refractivity contribution in [1.82, 2.24) is 0 Å². The number of allylic oxidation sites excluding steroid dienone is 4. The van der Waals surface area contributed by atoms with Crippen molar-refractivity contribution in [2.24, 2.45) is 34.5 Å². The van der Waals surface area contributed by atoms with Gasteiger partial charge < -0.3 is 4.84 Å². The molecular weight excluding hydrogens is 362 g/mol. The van der Waals surface area contributed by atoms with Crippen LogP contribution in [0.4, 0.5) is 0 Å². The molecule has 6 atom stereocenters. The Kier molecular flexibility index (Phi) is 4.32. The fraction of sp³-hybridized carbons (Fsp3) is 0.667. The van der Waals surface area contributed by atoms with Gasteiger partial charge in [0.05, 0.1) is 0 Å². The van der Waals surface area contributed by atoms with E-state index in [1.54, 1.807) is 12.2 Å². The van der Waals surface area contributed by atoms with Gasteiger partial charge in [0.2, 0.25) is 0 Å². The molecule has 0 spiro atoms. The van der Waals surface area contributed by atoms with Crippen LogP contribution in [-0.4, -0.2) is 29.0 Å². The first-order valence-electron chi connectivity index (χ1n) is 9.94. The van der Waals surface area contributed by atoms with Gasteiger partial charge in [0.25, 0.3) is 5.09 Å². The normalized spacial score (nSPS) is 41.6. The summed E-state index contributed by atoms with van der Waals surface area (Å²) < 4.78 is 0. The summed E-state index contributed by atoms with van der Waals surface area (Å²) >= 11 is 0. The molecule has 0 bridgehead atoms. The smallest absolute Gasteiger partial charge is 0.294 e. The molecule has 4 aliphatic rings. The SMILES string of the molecule is CC(=O)[C@H]1CC[C@H]2[C@@H]3CCC4=CC(=O)C=C[C@]4(C)[C@H]3C(=O)C[C@]12CO[N+](=O)[O-]. The van der Waals surface area contributed by atoms with E-state index in [0.29, 0.717) is 6.42 Å². The Labute approximate surface area is 163 Å². The lowest BCUT2D eigenvalue weighted by Crippen LogP contribution is -2.57. The Morgan fingerprint density at radius 1 is 1.32 bits per heavy atom. The molecule has 0 aliphatic heterocycles. The van der Waals surface area contributed by atoms with Crippen molar-refractivity contribution in [2.45, 2.75) is 46.0 Å². The van der Waals surface area contributed by atoms with E-state index in [4.69, 9.17) is 4.84 Å². The fourth-order valence-electron chi connectivity index (χ4n) is 6.87. The van der Waals surface area contributed by atoms with Gasteiger partial charge in [-0.3, -0.25) is 14.4 Å². The summed E-state index contributed by atoms with van der Waals surface area (Å²) in [7, 11) is 0. The Morgan fingerprint density at radius 2 is 2.07 bits per heavy atom. The van der Waals surface area contributed by atoms with E-state index >= 15 is 0 Å². The second-order valence-electron chi connectivity index (χ2n) is 9.09. The molecule has 3 fully saturated rings. The van der Waals surface area contributed by atoms with Crippen LogP contribution in [0.5, 0.6) is 0 Å². The largest absolute Gasteiger partial charge is 0.313 e. The maximum absolute atomic E-state index is 13.4. The second kappa shape index (κ2) is 6.36. The van der Waals surface area contributed by atoms with Gasteiger partial charge in [0.15, 0.2) is 5.78 Å². The first-order valence-corrected chi connectivity index (χ1v) is 9.94. The molecule has 0 saturated heterocycles. The first-order chi connectivity index (χ1) is 13.2. The zero-order chi connectivity index (χ0) is 20.3. The molecule has 3 saturated carbocycles. The highest BCUT2D eigenvalue weighted by atomic mass is 16.9. The number of carbonyl (C=O) groups is 3. The average molecular weight is 387 g/mol. The van der Waals surface area contributed by atoms with Gasteiger partial charge in [-0.2, -0.15) is 0 Å². The second-order valence-corrected chi connectivity index (χ2v) is 9.09. The van der Waals surface area contributed by atoms with E-state index < -0.39 is 15.9 Å². The van der Waals surface area contributed by atoms with Gasteiger partial charge in [-0.05, 0) is 56.6 Å². The summed E-state index contributed by atoms with van der Waals surface area (Å²) in [6, 6.07) is 0. The predicted molar refractivity (Wildman–Crippen MR) is 98.4 cm³/mol. The van der Waals surface area contributed by atoms with E-state index in [-0.39, 0.29) is 54.0 Å². The summed E-state index contributed by atoms with van der Waals surface area (Å²) in [5, 5.41) is 10.1. The first kappa shape index (κ1) is 19.0. The Balaban J connectivity index is 1.75. The number of carbonyl (C=O) groups excluding carboxylic acids is 3. The number of rotatable bonds is 4. The number of fused-ring (bicyclic) bond motifs is 5. The lowest BCUT2D eigenvalue weighted by Gasteiger charge is -2.56. The Bertz CT molecular complexity index is 829. The van der Waals surface area contributed by atoms with Gasteiger partial charge in [-0.1, -0.05) is 18.6 Å². The van der Waals surface area contributed by atoms with Crippen molar-refractivity contribution in [3.63, 3.8) is 0 Å². The van der Waals surface area contributed by atoms with E-state index in [1.165, 1.54) is 6.92 Å². The third-order valence-electron chi connectivity index (χ3n) is 7.92. The van der Waals surface area contributed by atoms with E-state index in [9.17, 15) is 24.5 Å².